The minimum atomic E-state index is -0.405. The molecule has 1 saturated heterocycles. The van der Waals surface area contributed by atoms with Crippen LogP contribution in [0.5, 0.6) is 0 Å². The van der Waals surface area contributed by atoms with Gasteiger partial charge in [0.15, 0.2) is 0 Å². The van der Waals surface area contributed by atoms with Crippen molar-refractivity contribution >= 4 is 5.97 Å². The van der Waals surface area contributed by atoms with Gasteiger partial charge in [-0.2, -0.15) is 0 Å². The van der Waals surface area contributed by atoms with E-state index in [2.05, 4.69) is 6.92 Å². The first-order valence-electron chi connectivity index (χ1n) is 7.61. The van der Waals surface area contributed by atoms with Crippen LogP contribution >= 0.6 is 0 Å². The van der Waals surface area contributed by atoms with Crippen LogP contribution < -0.4 is 5.73 Å². The molecule has 4 nitrogen and oxygen atoms in total. The third-order valence-electron chi connectivity index (χ3n) is 4.85. The summed E-state index contributed by atoms with van der Waals surface area (Å²) in [7, 11) is 0. The van der Waals surface area contributed by atoms with Crippen LogP contribution in [0.3, 0.4) is 0 Å². The summed E-state index contributed by atoms with van der Waals surface area (Å²) in [4.78, 5) is 12.4. The molecule has 0 bridgehead atoms. The first-order valence-corrected chi connectivity index (χ1v) is 7.61. The maximum atomic E-state index is 12.4. The molecule has 0 unspecified atom stereocenters. The largest absolute Gasteiger partial charge is 0.465 e. The number of hydrogen-bond donors (Lipinski definition) is 1. The monoisotopic (exact) mass is 269 g/mol. The Balaban J connectivity index is 1.82. The van der Waals surface area contributed by atoms with Crippen molar-refractivity contribution in [1.29, 1.82) is 0 Å². The zero-order valence-corrected chi connectivity index (χ0v) is 12.0. The second kappa shape index (κ2) is 6.71. The Bertz CT molecular complexity index is 292. The Morgan fingerprint density at radius 2 is 1.89 bits per heavy atom. The molecule has 0 atom stereocenters. The Morgan fingerprint density at radius 1 is 1.26 bits per heavy atom. The van der Waals surface area contributed by atoms with Crippen LogP contribution in [0.4, 0.5) is 0 Å². The molecule has 0 amide bonds. The Labute approximate surface area is 116 Å². The molecule has 2 rings (SSSR count). The van der Waals surface area contributed by atoms with E-state index in [1.54, 1.807) is 0 Å². The van der Waals surface area contributed by atoms with Crippen LogP contribution in [0.25, 0.3) is 0 Å². The molecule has 19 heavy (non-hydrogen) atoms. The molecule has 1 aliphatic heterocycles. The van der Waals surface area contributed by atoms with Crippen molar-refractivity contribution in [3.05, 3.63) is 0 Å². The van der Waals surface area contributed by atoms with E-state index in [4.69, 9.17) is 15.2 Å². The van der Waals surface area contributed by atoms with E-state index in [0.717, 1.165) is 51.7 Å². The number of esters is 1. The van der Waals surface area contributed by atoms with E-state index in [1.165, 1.54) is 0 Å². The van der Waals surface area contributed by atoms with Gasteiger partial charge in [0, 0.05) is 19.8 Å². The fraction of sp³-hybridized carbons (Fsp3) is 0.933. The average molecular weight is 269 g/mol. The molecular formula is C15H27NO3. The standard InChI is InChI=1S/C15H27NO3/c1-12-2-6-15(11-16,7-3-12)14(17)19-10-13-4-8-18-9-5-13/h12-13H,2-11,16H2,1H3. The number of carbonyl (C=O) groups is 1. The molecule has 0 aromatic carbocycles. The fourth-order valence-electron chi connectivity index (χ4n) is 3.07. The lowest BCUT2D eigenvalue weighted by Gasteiger charge is -2.36. The van der Waals surface area contributed by atoms with Crippen molar-refractivity contribution in [2.45, 2.75) is 45.4 Å². The molecule has 2 fully saturated rings. The molecule has 1 heterocycles. The van der Waals surface area contributed by atoms with Crippen molar-refractivity contribution in [1.82, 2.24) is 0 Å². The first kappa shape index (κ1) is 14.8. The Morgan fingerprint density at radius 3 is 2.47 bits per heavy atom. The molecule has 0 aromatic rings. The summed E-state index contributed by atoms with van der Waals surface area (Å²) >= 11 is 0. The predicted molar refractivity (Wildman–Crippen MR) is 73.6 cm³/mol. The highest BCUT2D eigenvalue weighted by Crippen LogP contribution is 2.39. The maximum absolute atomic E-state index is 12.4. The molecule has 2 N–H and O–H groups in total. The minimum absolute atomic E-state index is 0.0617. The summed E-state index contributed by atoms with van der Waals surface area (Å²) in [5.41, 5.74) is 5.47. The molecule has 2 aliphatic rings. The van der Waals surface area contributed by atoms with Crippen LogP contribution in [-0.4, -0.2) is 32.3 Å². The molecule has 0 aromatic heterocycles. The second-order valence-electron chi connectivity index (χ2n) is 6.32. The molecule has 1 saturated carbocycles. The maximum Gasteiger partial charge on any atom is 0.313 e. The van der Waals surface area contributed by atoms with Gasteiger partial charge < -0.3 is 15.2 Å². The number of rotatable bonds is 4. The van der Waals surface area contributed by atoms with Crippen LogP contribution in [0.15, 0.2) is 0 Å². The summed E-state index contributed by atoms with van der Waals surface area (Å²) in [5, 5.41) is 0. The zero-order chi connectivity index (χ0) is 13.7. The molecular weight excluding hydrogens is 242 g/mol. The highest BCUT2D eigenvalue weighted by Gasteiger charge is 2.41. The van der Waals surface area contributed by atoms with E-state index in [-0.39, 0.29) is 5.97 Å². The third-order valence-corrected chi connectivity index (χ3v) is 4.85. The SMILES string of the molecule is CC1CCC(CN)(C(=O)OCC2CCOCC2)CC1. The number of nitrogens with two attached hydrogens (primary N) is 1. The molecule has 4 heteroatoms. The summed E-state index contributed by atoms with van der Waals surface area (Å²) < 4.78 is 10.9. The van der Waals surface area contributed by atoms with Gasteiger partial charge >= 0.3 is 5.97 Å². The van der Waals surface area contributed by atoms with Gasteiger partial charge in [0.1, 0.15) is 0 Å². The highest BCUT2D eigenvalue weighted by molar-refractivity contribution is 5.77. The second-order valence-corrected chi connectivity index (χ2v) is 6.32. The van der Waals surface area contributed by atoms with E-state index < -0.39 is 5.41 Å². The smallest absolute Gasteiger partial charge is 0.313 e. The number of carbonyl (C=O) groups excluding carboxylic acids is 1. The molecule has 110 valence electrons. The predicted octanol–water partition coefficient (Wildman–Crippen LogP) is 2.11. The van der Waals surface area contributed by atoms with Gasteiger partial charge in [0.05, 0.1) is 12.0 Å². The summed E-state index contributed by atoms with van der Waals surface area (Å²) in [5.74, 6) is 1.12. The molecule has 1 aliphatic carbocycles. The summed E-state index contributed by atoms with van der Waals surface area (Å²) in [6, 6.07) is 0. The van der Waals surface area contributed by atoms with E-state index in [9.17, 15) is 4.79 Å². The van der Waals surface area contributed by atoms with Crippen LogP contribution in [0.1, 0.15) is 45.4 Å². The molecule has 0 spiro atoms. The van der Waals surface area contributed by atoms with E-state index >= 15 is 0 Å². The van der Waals surface area contributed by atoms with Crippen molar-refractivity contribution in [3.63, 3.8) is 0 Å². The summed E-state index contributed by atoms with van der Waals surface area (Å²) in [6.45, 7) is 4.79. The van der Waals surface area contributed by atoms with Crippen molar-refractivity contribution in [2.75, 3.05) is 26.4 Å². The van der Waals surface area contributed by atoms with Gasteiger partial charge in [-0.1, -0.05) is 6.92 Å². The van der Waals surface area contributed by atoms with Gasteiger partial charge in [-0.25, -0.2) is 0 Å². The van der Waals surface area contributed by atoms with Crippen molar-refractivity contribution < 1.29 is 14.3 Å². The zero-order valence-electron chi connectivity index (χ0n) is 12.0. The quantitative estimate of drug-likeness (QED) is 0.794. The average Bonchev–Trinajstić information content (AvgIpc) is 2.47. The van der Waals surface area contributed by atoms with Gasteiger partial charge in [-0.05, 0) is 50.4 Å². The van der Waals surface area contributed by atoms with Gasteiger partial charge in [0.25, 0.3) is 0 Å². The van der Waals surface area contributed by atoms with Crippen LogP contribution in [0.2, 0.25) is 0 Å². The van der Waals surface area contributed by atoms with Crippen LogP contribution in [-0.2, 0) is 14.3 Å². The minimum Gasteiger partial charge on any atom is -0.465 e. The lowest BCUT2D eigenvalue weighted by Crippen LogP contribution is -2.43. The fourth-order valence-corrected chi connectivity index (χ4v) is 3.07. The Kier molecular flexibility index (Phi) is 5.22. The van der Waals surface area contributed by atoms with E-state index in [0.29, 0.717) is 25.0 Å². The topological polar surface area (TPSA) is 61.6 Å². The first-order chi connectivity index (χ1) is 9.16. The van der Waals surface area contributed by atoms with Gasteiger partial charge in [-0.15, -0.1) is 0 Å². The number of ether oxygens (including phenoxy) is 2. The van der Waals surface area contributed by atoms with Crippen LogP contribution in [0, 0.1) is 17.3 Å². The normalized spacial score (nSPS) is 33.1. The summed E-state index contributed by atoms with van der Waals surface area (Å²) in [6.07, 6.45) is 5.95. The van der Waals surface area contributed by atoms with Gasteiger partial charge in [0.2, 0.25) is 0 Å². The lowest BCUT2D eigenvalue weighted by atomic mass is 9.71. The van der Waals surface area contributed by atoms with Crippen molar-refractivity contribution in [2.24, 2.45) is 23.0 Å². The number of hydrogen-bond acceptors (Lipinski definition) is 4. The highest BCUT2D eigenvalue weighted by atomic mass is 16.5. The van der Waals surface area contributed by atoms with Gasteiger partial charge in [-0.3, -0.25) is 4.79 Å². The lowest BCUT2D eigenvalue weighted by molar-refractivity contribution is -0.160. The third kappa shape index (κ3) is 3.69. The van der Waals surface area contributed by atoms with E-state index in [1.807, 2.05) is 0 Å². The van der Waals surface area contributed by atoms with Crippen molar-refractivity contribution in [3.8, 4) is 0 Å². The molecule has 0 radical (unpaired) electrons. The Hall–Kier alpha value is -0.610.